The van der Waals surface area contributed by atoms with Crippen molar-refractivity contribution in [2.75, 3.05) is 32.8 Å². The van der Waals surface area contributed by atoms with Crippen LogP contribution >= 0.6 is 15.9 Å². The molecule has 2 N–H and O–H groups in total. The van der Waals surface area contributed by atoms with Crippen molar-refractivity contribution < 1.29 is 33.8 Å². The van der Waals surface area contributed by atoms with E-state index in [1.165, 1.54) is 0 Å². The maximum Gasteiger partial charge on any atom is 0.312 e. The van der Waals surface area contributed by atoms with E-state index in [0.29, 0.717) is 45.2 Å². The zero-order chi connectivity index (χ0) is 30.2. The summed E-state index contributed by atoms with van der Waals surface area (Å²) < 4.78 is 12.3. The van der Waals surface area contributed by atoms with E-state index in [-0.39, 0.29) is 42.2 Å². The van der Waals surface area contributed by atoms with Crippen molar-refractivity contribution in [3.05, 3.63) is 25.3 Å². The first-order valence-corrected chi connectivity index (χ1v) is 15.8. The molecule has 1 spiro atoms. The van der Waals surface area contributed by atoms with E-state index in [1.54, 1.807) is 28.9 Å². The number of hydrogen-bond donors (Lipinski definition) is 2. The molecule has 7 atom stereocenters. The van der Waals surface area contributed by atoms with Crippen molar-refractivity contribution in [3.63, 3.8) is 0 Å². The van der Waals surface area contributed by atoms with Gasteiger partial charge in [-0.2, -0.15) is 0 Å². The number of carbonyl (C=O) groups is 4. The van der Waals surface area contributed by atoms with Crippen LogP contribution in [0.25, 0.3) is 0 Å². The number of alkyl halides is 1. The van der Waals surface area contributed by atoms with Gasteiger partial charge in [0.15, 0.2) is 0 Å². The zero-order valence-corrected chi connectivity index (χ0v) is 26.0. The average molecular weight is 641 g/mol. The maximum atomic E-state index is 14.2. The Kier molecular flexibility index (Phi) is 12.4. The van der Waals surface area contributed by atoms with Crippen LogP contribution in [0.15, 0.2) is 25.3 Å². The molecule has 3 rings (SSSR count). The van der Waals surface area contributed by atoms with Gasteiger partial charge in [-0.25, -0.2) is 0 Å². The number of amides is 3. The SMILES string of the molecule is C=CCCC(=O)NC[C@@H](C)OC(=O)[C@@H]1[C@H]2O[C@@]3(CC2Br)[C@H](C(=O)N(CC=C)CCCCC)N(CCCCO)C(=O)[C@@H]13. The first kappa shape index (κ1) is 33.3. The highest BCUT2D eigenvalue weighted by molar-refractivity contribution is 9.09. The zero-order valence-electron chi connectivity index (χ0n) is 24.4. The number of allylic oxidation sites excluding steroid dienone is 1. The summed E-state index contributed by atoms with van der Waals surface area (Å²) in [5.41, 5.74) is -1.16. The van der Waals surface area contributed by atoms with Crippen molar-refractivity contribution in [2.24, 2.45) is 11.8 Å². The summed E-state index contributed by atoms with van der Waals surface area (Å²) in [6.45, 7) is 12.5. The van der Waals surface area contributed by atoms with E-state index >= 15 is 0 Å². The van der Waals surface area contributed by atoms with Crippen molar-refractivity contribution in [1.29, 1.82) is 0 Å². The maximum absolute atomic E-state index is 14.2. The first-order chi connectivity index (χ1) is 19.7. The predicted octanol–water partition coefficient (Wildman–Crippen LogP) is 2.73. The van der Waals surface area contributed by atoms with Crippen LogP contribution in [0.3, 0.4) is 0 Å². The molecule has 2 bridgehead atoms. The highest BCUT2D eigenvalue weighted by atomic mass is 79.9. The van der Waals surface area contributed by atoms with Gasteiger partial charge < -0.3 is 29.7 Å². The molecule has 11 heteroatoms. The Bertz CT molecular complexity index is 978. The lowest BCUT2D eigenvalue weighted by Crippen LogP contribution is -2.57. The van der Waals surface area contributed by atoms with Gasteiger partial charge in [-0.3, -0.25) is 19.2 Å². The third-order valence-electron chi connectivity index (χ3n) is 8.27. The van der Waals surface area contributed by atoms with Gasteiger partial charge in [0.2, 0.25) is 17.7 Å². The Morgan fingerprint density at radius 1 is 1.27 bits per heavy atom. The van der Waals surface area contributed by atoms with Crippen molar-refractivity contribution in [2.45, 2.75) is 93.9 Å². The summed E-state index contributed by atoms with van der Waals surface area (Å²) in [6.07, 6.45) is 7.20. The molecular weight excluding hydrogens is 594 g/mol. The van der Waals surface area contributed by atoms with Crippen molar-refractivity contribution in [3.8, 4) is 0 Å². The van der Waals surface area contributed by atoms with Gasteiger partial charge in [0.1, 0.15) is 17.7 Å². The van der Waals surface area contributed by atoms with E-state index in [0.717, 1.165) is 19.3 Å². The third kappa shape index (κ3) is 7.22. The number of likely N-dealkylation sites (tertiary alicyclic amines) is 1. The summed E-state index contributed by atoms with van der Waals surface area (Å²) in [5, 5.41) is 12.1. The molecule has 0 aromatic rings. The number of rotatable bonds is 18. The van der Waals surface area contributed by atoms with E-state index < -0.39 is 41.7 Å². The number of aliphatic hydroxyl groups is 1. The second-order valence-corrected chi connectivity index (χ2v) is 12.5. The Morgan fingerprint density at radius 2 is 2.02 bits per heavy atom. The van der Waals surface area contributed by atoms with Crippen LogP contribution < -0.4 is 5.32 Å². The quantitative estimate of drug-likeness (QED) is 0.102. The average Bonchev–Trinajstić information content (AvgIpc) is 3.53. The van der Waals surface area contributed by atoms with E-state index in [1.807, 2.05) is 0 Å². The van der Waals surface area contributed by atoms with Gasteiger partial charge in [0, 0.05) is 37.5 Å². The van der Waals surface area contributed by atoms with E-state index in [4.69, 9.17) is 9.47 Å². The summed E-state index contributed by atoms with van der Waals surface area (Å²) >= 11 is 3.67. The van der Waals surface area contributed by atoms with Gasteiger partial charge in [-0.1, -0.05) is 47.8 Å². The summed E-state index contributed by atoms with van der Waals surface area (Å²) in [5.74, 6) is -2.96. The largest absolute Gasteiger partial charge is 0.460 e. The second-order valence-electron chi connectivity index (χ2n) is 11.3. The molecule has 3 aliphatic rings. The molecule has 0 aromatic heterocycles. The van der Waals surface area contributed by atoms with Crippen LogP contribution in [0, 0.1) is 11.8 Å². The minimum absolute atomic E-state index is 0.0200. The van der Waals surface area contributed by atoms with E-state index in [9.17, 15) is 24.3 Å². The molecule has 10 nitrogen and oxygen atoms in total. The topological polar surface area (TPSA) is 125 Å². The monoisotopic (exact) mass is 639 g/mol. The lowest BCUT2D eigenvalue weighted by atomic mass is 9.70. The first-order valence-electron chi connectivity index (χ1n) is 14.9. The molecule has 3 aliphatic heterocycles. The van der Waals surface area contributed by atoms with Crippen LogP contribution in [-0.2, 0) is 28.7 Å². The van der Waals surface area contributed by atoms with Crippen LogP contribution in [-0.4, -0.2) is 100 Å². The number of nitrogens with one attached hydrogen (secondary N) is 1. The molecule has 41 heavy (non-hydrogen) atoms. The summed E-state index contributed by atoms with van der Waals surface area (Å²) in [7, 11) is 0. The normalized spacial score (nSPS) is 28.7. The number of unbranched alkanes of at least 4 members (excludes halogenated alkanes) is 3. The standard InChI is InChI=1S/C30H46BrN3O7/c1-5-8-10-15-33(14-7-3)28(38)26-30-18-21(31)25(41-30)23(24(30)27(37)34(26)16-11-12-17-35)29(39)40-20(4)19-32-22(36)13-9-6-2/h6-7,20-21,23-26,35H,2-3,5,8-19H2,1,4H3,(H,32,36)/t20-,21?,23+,24-,25+,26+,30-/m1/s1. The number of aliphatic hydroxyl groups excluding tert-OH is 1. The van der Waals surface area contributed by atoms with Gasteiger partial charge >= 0.3 is 5.97 Å². The lowest BCUT2D eigenvalue weighted by molar-refractivity contribution is -0.159. The molecule has 0 aromatic carbocycles. The molecule has 3 saturated heterocycles. The molecule has 0 aliphatic carbocycles. The van der Waals surface area contributed by atoms with E-state index in [2.05, 4.69) is 41.3 Å². The van der Waals surface area contributed by atoms with Crippen molar-refractivity contribution >= 4 is 39.6 Å². The molecule has 3 fully saturated rings. The van der Waals surface area contributed by atoms with Crippen LogP contribution in [0.4, 0.5) is 0 Å². The molecule has 0 radical (unpaired) electrons. The van der Waals surface area contributed by atoms with Gasteiger partial charge in [0.25, 0.3) is 0 Å². The van der Waals surface area contributed by atoms with Gasteiger partial charge in [0.05, 0.1) is 24.5 Å². The predicted molar refractivity (Wildman–Crippen MR) is 158 cm³/mol. The number of ether oxygens (including phenoxy) is 2. The molecule has 3 amide bonds. The number of hydrogen-bond acceptors (Lipinski definition) is 7. The minimum Gasteiger partial charge on any atom is -0.460 e. The number of nitrogens with zero attached hydrogens (tertiary/aromatic N) is 2. The van der Waals surface area contributed by atoms with Gasteiger partial charge in [-0.15, -0.1) is 13.2 Å². The summed E-state index contributed by atoms with van der Waals surface area (Å²) in [6, 6.07) is -0.885. The molecule has 0 saturated carbocycles. The minimum atomic E-state index is -1.16. The van der Waals surface area contributed by atoms with Crippen LogP contribution in [0.1, 0.15) is 65.2 Å². The highest BCUT2D eigenvalue weighted by Crippen LogP contribution is 2.60. The number of fused-ring (bicyclic) bond motifs is 1. The molecule has 3 heterocycles. The molecule has 1 unspecified atom stereocenters. The lowest BCUT2D eigenvalue weighted by Gasteiger charge is -2.37. The Labute approximate surface area is 252 Å². The Balaban J connectivity index is 1.85. The number of carbonyl (C=O) groups excluding carboxylic acids is 4. The Hall–Kier alpha value is -2.24. The second kappa shape index (κ2) is 15.3. The fourth-order valence-corrected chi connectivity index (χ4v) is 7.33. The molecular formula is C30H46BrN3O7. The fraction of sp³-hybridized carbons (Fsp3) is 0.733. The smallest absolute Gasteiger partial charge is 0.312 e. The third-order valence-corrected chi connectivity index (χ3v) is 9.12. The van der Waals surface area contributed by atoms with Crippen molar-refractivity contribution in [1.82, 2.24) is 15.1 Å². The number of esters is 1. The van der Waals surface area contributed by atoms with Crippen LogP contribution in [0.2, 0.25) is 0 Å². The fourth-order valence-electron chi connectivity index (χ4n) is 6.38. The Morgan fingerprint density at radius 3 is 2.68 bits per heavy atom. The molecule has 230 valence electrons. The van der Waals surface area contributed by atoms with Gasteiger partial charge in [-0.05, 0) is 39.0 Å². The highest BCUT2D eigenvalue weighted by Gasteiger charge is 2.77. The van der Waals surface area contributed by atoms with Crippen LogP contribution in [0.5, 0.6) is 0 Å². The number of halogens is 1. The summed E-state index contributed by atoms with van der Waals surface area (Å²) in [4.78, 5) is 56.9.